The van der Waals surface area contributed by atoms with E-state index < -0.39 is 13.8 Å². The topological polar surface area (TPSA) is 17.1 Å². The maximum absolute atomic E-state index is 11.9. The zero-order chi connectivity index (χ0) is 11.2. The quantitative estimate of drug-likeness (QED) is 0.787. The summed E-state index contributed by atoms with van der Waals surface area (Å²) < 4.78 is 12.9. The first-order valence-electron chi connectivity index (χ1n) is 5.05. The fourth-order valence-electron chi connectivity index (χ4n) is 1.34. The van der Waals surface area contributed by atoms with Gasteiger partial charge in [-0.25, -0.2) is 0 Å². The third-order valence-corrected chi connectivity index (χ3v) is 4.51. The van der Waals surface area contributed by atoms with Gasteiger partial charge in [0.2, 0.25) is 0 Å². The van der Waals surface area contributed by atoms with Crippen LogP contribution in [0.5, 0.6) is 0 Å². The molecule has 0 bridgehead atoms. The van der Waals surface area contributed by atoms with Gasteiger partial charge in [0.1, 0.15) is 0 Å². The van der Waals surface area contributed by atoms with Gasteiger partial charge in [0.05, 0.1) is 0 Å². The van der Waals surface area contributed by atoms with E-state index in [1.807, 2.05) is 71.7 Å². The van der Waals surface area contributed by atoms with Crippen LogP contribution in [0.2, 0.25) is 0 Å². The first-order chi connectivity index (χ1) is 7.86. The van der Waals surface area contributed by atoms with Gasteiger partial charge in [-0.05, 0) is 0 Å². The summed E-state index contributed by atoms with van der Waals surface area (Å²) in [7, 11) is 0. The van der Waals surface area contributed by atoms with Gasteiger partial charge in [0, 0.05) is 0 Å². The van der Waals surface area contributed by atoms with E-state index >= 15 is 0 Å². The fourth-order valence-corrected chi connectivity index (χ4v) is 3.15. The van der Waals surface area contributed by atoms with Crippen LogP contribution in [0.25, 0.3) is 6.08 Å². The zero-order valence-corrected chi connectivity index (χ0v) is 10.5. The van der Waals surface area contributed by atoms with Gasteiger partial charge in [0.25, 0.3) is 0 Å². The van der Waals surface area contributed by atoms with E-state index in [9.17, 15) is 3.83 Å². The molecule has 0 aromatic heterocycles. The molecular formula is C14H12OSe. The van der Waals surface area contributed by atoms with Crippen molar-refractivity contribution >= 4 is 24.4 Å². The summed E-state index contributed by atoms with van der Waals surface area (Å²) in [5.74, 6) is 0. The van der Waals surface area contributed by atoms with Crippen LogP contribution in [0, 0.1) is 0 Å². The molecule has 0 fully saturated rings. The molecule has 2 aromatic rings. The molecule has 80 valence electrons. The van der Waals surface area contributed by atoms with Gasteiger partial charge in [-0.2, -0.15) is 0 Å². The van der Waals surface area contributed by atoms with Gasteiger partial charge in [-0.15, -0.1) is 0 Å². The summed E-state index contributed by atoms with van der Waals surface area (Å²) >= 11 is -2.02. The molecule has 0 N–H and O–H groups in total. The Morgan fingerprint density at radius 3 is 2.00 bits per heavy atom. The molecule has 0 saturated carbocycles. The molecule has 2 aromatic carbocycles. The normalized spacial score (nSPS) is 12.8. The molecular weight excluding hydrogens is 263 g/mol. The van der Waals surface area contributed by atoms with Gasteiger partial charge in [-0.1, -0.05) is 0 Å². The van der Waals surface area contributed by atoms with Crippen LogP contribution in [-0.2, 0) is 3.83 Å². The molecule has 2 heteroatoms. The van der Waals surface area contributed by atoms with Crippen LogP contribution in [0.3, 0.4) is 0 Å². The first-order valence-corrected chi connectivity index (χ1v) is 7.59. The molecule has 0 radical (unpaired) electrons. The van der Waals surface area contributed by atoms with Crippen molar-refractivity contribution in [2.75, 3.05) is 0 Å². The Morgan fingerprint density at radius 1 is 0.812 bits per heavy atom. The molecule has 2 rings (SSSR count). The van der Waals surface area contributed by atoms with E-state index in [0.717, 1.165) is 10.0 Å². The van der Waals surface area contributed by atoms with Crippen molar-refractivity contribution in [1.29, 1.82) is 0 Å². The minimum absolute atomic E-state index is 0.926. The third kappa shape index (κ3) is 2.99. The second-order valence-electron chi connectivity index (χ2n) is 3.32. The fraction of sp³-hybridized carbons (Fsp3) is 0. The number of benzene rings is 2. The van der Waals surface area contributed by atoms with E-state index in [2.05, 4.69) is 0 Å². The second kappa shape index (κ2) is 5.55. The molecule has 1 atom stereocenters. The molecule has 16 heavy (non-hydrogen) atoms. The Balaban J connectivity index is 2.12. The molecule has 0 aliphatic rings. The molecule has 0 aliphatic heterocycles. The summed E-state index contributed by atoms with van der Waals surface area (Å²) in [6.07, 6.45) is 1.92. The maximum atomic E-state index is 11.9. The van der Waals surface area contributed by atoms with Crippen molar-refractivity contribution in [2.24, 2.45) is 0 Å². The Labute approximate surface area is 99.5 Å². The third-order valence-electron chi connectivity index (χ3n) is 2.16. The standard InChI is InChI=1S/C14H12OSe/c15-16(14-9-5-2-6-10-14)12-11-13-7-3-1-4-8-13/h1-12H/b12-11+. The van der Waals surface area contributed by atoms with Gasteiger partial charge >= 0.3 is 99.4 Å². The molecule has 0 aliphatic carbocycles. The van der Waals surface area contributed by atoms with Crippen LogP contribution in [0.4, 0.5) is 0 Å². The number of rotatable bonds is 3. The van der Waals surface area contributed by atoms with E-state index in [1.165, 1.54) is 0 Å². The molecule has 1 nitrogen and oxygen atoms in total. The Hall–Kier alpha value is -1.50. The summed E-state index contributed by atoms with van der Waals surface area (Å²) in [5.41, 5.74) is 1.09. The van der Waals surface area contributed by atoms with Crippen LogP contribution in [0.15, 0.2) is 65.6 Å². The Bertz CT molecular complexity index is 489. The van der Waals surface area contributed by atoms with E-state index in [4.69, 9.17) is 0 Å². The van der Waals surface area contributed by atoms with Crippen molar-refractivity contribution in [2.45, 2.75) is 0 Å². The minimum atomic E-state index is -2.02. The average Bonchev–Trinajstić information content (AvgIpc) is 2.38. The zero-order valence-electron chi connectivity index (χ0n) is 8.74. The molecule has 0 spiro atoms. The molecule has 0 saturated heterocycles. The second-order valence-corrected chi connectivity index (χ2v) is 6.13. The Kier molecular flexibility index (Phi) is 3.81. The molecule has 0 heterocycles. The van der Waals surface area contributed by atoms with Crippen LogP contribution in [0.1, 0.15) is 5.56 Å². The summed E-state index contributed by atoms with van der Waals surface area (Å²) in [4.78, 5) is 1.81. The number of hydrogen-bond donors (Lipinski definition) is 0. The molecule has 0 amide bonds. The average molecular weight is 275 g/mol. The van der Waals surface area contributed by atoms with Gasteiger partial charge in [0.15, 0.2) is 0 Å². The van der Waals surface area contributed by atoms with Crippen molar-refractivity contribution < 1.29 is 3.83 Å². The predicted octanol–water partition coefficient (Wildman–Crippen LogP) is 2.57. The monoisotopic (exact) mass is 276 g/mol. The summed E-state index contributed by atoms with van der Waals surface area (Å²) in [6.45, 7) is 0. The summed E-state index contributed by atoms with van der Waals surface area (Å²) in [5, 5.41) is 0. The predicted molar refractivity (Wildman–Crippen MR) is 68.0 cm³/mol. The van der Waals surface area contributed by atoms with Crippen LogP contribution in [-0.4, -0.2) is 13.8 Å². The van der Waals surface area contributed by atoms with Crippen molar-refractivity contribution in [3.05, 3.63) is 71.2 Å². The van der Waals surface area contributed by atoms with Crippen molar-refractivity contribution in [3.63, 3.8) is 0 Å². The number of hydrogen-bond acceptors (Lipinski definition) is 1. The van der Waals surface area contributed by atoms with Crippen LogP contribution < -0.4 is 4.46 Å². The van der Waals surface area contributed by atoms with E-state index in [1.54, 1.807) is 0 Å². The van der Waals surface area contributed by atoms with Gasteiger partial charge < -0.3 is 0 Å². The van der Waals surface area contributed by atoms with E-state index in [0.29, 0.717) is 0 Å². The summed E-state index contributed by atoms with van der Waals surface area (Å²) in [6, 6.07) is 19.5. The van der Waals surface area contributed by atoms with Crippen LogP contribution >= 0.6 is 0 Å². The SMILES string of the molecule is O=[Se](/C=C/c1ccccc1)c1ccccc1. The van der Waals surface area contributed by atoms with Crippen molar-refractivity contribution in [3.8, 4) is 0 Å². The molecule has 1 unspecified atom stereocenters. The van der Waals surface area contributed by atoms with E-state index in [-0.39, 0.29) is 0 Å². The first kappa shape index (κ1) is 11.0. The van der Waals surface area contributed by atoms with Crippen molar-refractivity contribution in [1.82, 2.24) is 0 Å². The Morgan fingerprint density at radius 2 is 1.38 bits per heavy atom. The van der Waals surface area contributed by atoms with Gasteiger partial charge in [-0.3, -0.25) is 0 Å².